The zero-order valence-electron chi connectivity index (χ0n) is 13.3. The average Bonchev–Trinajstić information content (AvgIpc) is 2.56. The van der Waals surface area contributed by atoms with E-state index >= 15 is 0 Å². The highest BCUT2D eigenvalue weighted by Gasteiger charge is 2.28. The molecule has 1 amide bonds. The van der Waals surface area contributed by atoms with E-state index in [1.54, 1.807) is 18.5 Å². The van der Waals surface area contributed by atoms with Gasteiger partial charge in [-0.1, -0.05) is 6.42 Å². The molecule has 23 heavy (non-hydrogen) atoms. The Kier molecular flexibility index (Phi) is 8.09. The van der Waals surface area contributed by atoms with Crippen molar-refractivity contribution in [2.75, 3.05) is 31.9 Å². The monoisotopic (exact) mass is 360 g/mol. The number of nitrogens with two attached hydrogens (primary N) is 1. The van der Waals surface area contributed by atoms with Gasteiger partial charge in [0.1, 0.15) is 0 Å². The Morgan fingerprint density at radius 1 is 1.09 bits per heavy atom. The Balaban J connectivity index is 0.00000132. The topological polar surface area (TPSA) is 62.5 Å². The molecule has 0 unspecified atom stereocenters. The summed E-state index contributed by atoms with van der Waals surface area (Å²) in [5, 5.41) is 0. The van der Waals surface area contributed by atoms with Crippen LogP contribution in [-0.2, 0) is 0 Å². The van der Waals surface area contributed by atoms with E-state index in [0.717, 1.165) is 25.9 Å². The summed E-state index contributed by atoms with van der Waals surface area (Å²) in [6.45, 7) is 4.12. The number of piperidine rings is 2. The summed E-state index contributed by atoms with van der Waals surface area (Å²) in [5.74, 6) is 0.0256. The second kappa shape index (κ2) is 9.30. The van der Waals surface area contributed by atoms with Crippen molar-refractivity contribution in [3.05, 3.63) is 24.0 Å². The molecule has 0 radical (unpaired) electrons. The van der Waals surface area contributed by atoms with Gasteiger partial charge < -0.3 is 15.5 Å². The van der Waals surface area contributed by atoms with Crippen molar-refractivity contribution >= 4 is 36.4 Å². The van der Waals surface area contributed by atoms with Gasteiger partial charge in [0.05, 0.1) is 5.56 Å². The highest BCUT2D eigenvalue weighted by molar-refractivity contribution is 5.98. The summed E-state index contributed by atoms with van der Waals surface area (Å²) < 4.78 is 0. The fraction of sp³-hybridized carbons (Fsp3) is 0.625. The number of carbonyl (C=O) groups excluding carboxylic acids is 1. The molecule has 5 nitrogen and oxygen atoms in total. The number of halogens is 2. The van der Waals surface area contributed by atoms with Crippen molar-refractivity contribution in [3.63, 3.8) is 0 Å². The molecule has 0 atom stereocenters. The number of aromatic nitrogens is 1. The molecule has 0 aliphatic carbocycles. The predicted octanol–water partition coefficient (Wildman–Crippen LogP) is 2.60. The van der Waals surface area contributed by atoms with Gasteiger partial charge in [0.15, 0.2) is 0 Å². The first kappa shape index (κ1) is 20.0. The van der Waals surface area contributed by atoms with Crippen molar-refractivity contribution in [2.24, 2.45) is 0 Å². The molecule has 0 bridgehead atoms. The minimum Gasteiger partial charge on any atom is -0.398 e. The minimum atomic E-state index is 0. The first-order chi connectivity index (χ1) is 10.3. The third-order valence-electron chi connectivity index (χ3n) is 4.74. The Bertz CT molecular complexity index is 501. The Morgan fingerprint density at radius 3 is 2.35 bits per heavy atom. The van der Waals surface area contributed by atoms with Gasteiger partial charge in [0, 0.05) is 37.2 Å². The maximum absolute atomic E-state index is 12.5. The number of nitrogens with zero attached hydrogens (tertiary/aromatic N) is 3. The fourth-order valence-corrected chi connectivity index (χ4v) is 3.47. The lowest BCUT2D eigenvalue weighted by atomic mass is 9.99. The summed E-state index contributed by atoms with van der Waals surface area (Å²) in [6.07, 6.45) is 9.37. The van der Waals surface area contributed by atoms with Crippen LogP contribution in [-0.4, -0.2) is 52.9 Å². The summed E-state index contributed by atoms with van der Waals surface area (Å²) >= 11 is 0. The fourth-order valence-electron chi connectivity index (χ4n) is 3.47. The molecule has 0 aromatic carbocycles. The molecule has 2 saturated heterocycles. The van der Waals surface area contributed by atoms with Crippen molar-refractivity contribution in [1.29, 1.82) is 0 Å². The normalized spacial score (nSPS) is 19.6. The van der Waals surface area contributed by atoms with Crippen LogP contribution in [0.15, 0.2) is 18.5 Å². The van der Waals surface area contributed by atoms with E-state index in [-0.39, 0.29) is 30.7 Å². The number of nitrogen functional groups attached to an aromatic ring is 1. The van der Waals surface area contributed by atoms with Gasteiger partial charge in [-0.05, 0) is 44.8 Å². The maximum Gasteiger partial charge on any atom is 0.257 e. The van der Waals surface area contributed by atoms with E-state index in [1.807, 2.05) is 4.90 Å². The van der Waals surface area contributed by atoms with E-state index < -0.39 is 0 Å². The van der Waals surface area contributed by atoms with Gasteiger partial charge in [-0.15, -0.1) is 24.8 Å². The zero-order chi connectivity index (χ0) is 14.7. The lowest BCUT2D eigenvalue weighted by Gasteiger charge is -2.40. The number of carbonyl (C=O) groups is 1. The van der Waals surface area contributed by atoms with Gasteiger partial charge in [0.2, 0.25) is 0 Å². The molecule has 7 heteroatoms. The van der Waals surface area contributed by atoms with E-state index in [9.17, 15) is 4.79 Å². The van der Waals surface area contributed by atoms with E-state index in [1.165, 1.54) is 32.4 Å². The summed E-state index contributed by atoms with van der Waals surface area (Å²) in [4.78, 5) is 21.0. The first-order valence-corrected chi connectivity index (χ1v) is 7.98. The SMILES string of the molecule is Cl.Cl.Nc1ccncc1C(=O)N1CCC(N2CCCCC2)CC1. The number of amides is 1. The molecule has 0 saturated carbocycles. The highest BCUT2D eigenvalue weighted by atomic mass is 35.5. The quantitative estimate of drug-likeness (QED) is 0.880. The second-order valence-corrected chi connectivity index (χ2v) is 6.08. The lowest BCUT2D eigenvalue weighted by Crippen LogP contribution is -2.48. The Labute approximate surface area is 150 Å². The van der Waals surface area contributed by atoms with E-state index in [2.05, 4.69) is 9.88 Å². The molecule has 2 aliphatic heterocycles. The van der Waals surface area contributed by atoms with E-state index in [0.29, 0.717) is 17.3 Å². The number of likely N-dealkylation sites (tertiary alicyclic amines) is 2. The van der Waals surface area contributed by atoms with Crippen LogP contribution < -0.4 is 5.73 Å². The minimum absolute atomic E-state index is 0. The predicted molar refractivity (Wildman–Crippen MR) is 97.5 cm³/mol. The van der Waals surface area contributed by atoms with Crippen LogP contribution in [0, 0.1) is 0 Å². The number of pyridine rings is 1. The van der Waals surface area contributed by atoms with Gasteiger partial charge in [0.25, 0.3) is 5.91 Å². The van der Waals surface area contributed by atoms with Gasteiger partial charge >= 0.3 is 0 Å². The van der Waals surface area contributed by atoms with Crippen molar-refractivity contribution in [1.82, 2.24) is 14.8 Å². The third kappa shape index (κ3) is 4.72. The molecular formula is C16H26Cl2N4O. The molecule has 3 rings (SSSR count). The third-order valence-corrected chi connectivity index (χ3v) is 4.74. The number of hydrogen-bond acceptors (Lipinski definition) is 4. The van der Waals surface area contributed by atoms with Gasteiger partial charge in [-0.2, -0.15) is 0 Å². The molecule has 2 aliphatic rings. The number of anilines is 1. The van der Waals surface area contributed by atoms with Crippen LogP contribution in [0.25, 0.3) is 0 Å². The molecule has 2 N–H and O–H groups in total. The smallest absolute Gasteiger partial charge is 0.257 e. The highest BCUT2D eigenvalue weighted by Crippen LogP contribution is 2.22. The van der Waals surface area contributed by atoms with Crippen LogP contribution in [0.2, 0.25) is 0 Å². The Hall–Kier alpha value is -1.04. The van der Waals surface area contributed by atoms with Crippen molar-refractivity contribution < 1.29 is 4.79 Å². The van der Waals surface area contributed by atoms with Crippen LogP contribution in [0.1, 0.15) is 42.5 Å². The largest absolute Gasteiger partial charge is 0.398 e. The maximum atomic E-state index is 12.5. The van der Waals surface area contributed by atoms with Gasteiger partial charge in [-0.25, -0.2) is 0 Å². The summed E-state index contributed by atoms with van der Waals surface area (Å²) in [5.41, 5.74) is 6.93. The molecular weight excluding hydrogens is 335 g/mol. The molecule has 1 aromatic rings. The molecule has 0 spiro atoms. The van der Waals surface area contributed by atoms with Crippen LogP contribution in [0.3, 0.4) is 0 Å². The van der Waals surface area contributed by atoms with Crippen molar-refractivity contribution in [2.45, 2.75) is 38.1 Å². The van der Waals surface area contributed by atoms with Crippen molar-refractivity contribution in [3.8, 4) is 0 Å². The van der Waals surface area contributed by atoms with Crippen LogP contribution in [0.5, 0.6) is 0 Å². The molecule has 3 heterocycles. The van der Waals surface area contributed by atoms with Crippen LogP contribution in [0.4, 0.5) is 5.69 Å². The van der Waals surface area contributed by atoms with Crippen LogP contribution >= 0.6 is 24.8 Å². The molecule has 1 aromatic heterocycles. The molecule has 2 fully saturated rings. The summed E-state index contributed by atoms with van der Waals surface area (Å²) in [7, 11) is 0. The first-order valence-electron chi connectivity index (χ1n) is 7.98. The van der Waals surface area contributed by atoms with E-state index in [4.69, 9.17) is 5.73 Å². The number of rotatable bonds is 2. The lowest BCUT2D eigenvalue weighted by molar-refractivity contribution is 0.0590. The molecule has 130 valence electrons. The standard InChI is InChI=1S/C16H24N4O.2ClH/c17-15-4-7-18-12-14(15)16(21)20-10-5-13(6-11-20)19-8-2-1-3-9-19;;/h4,7,12-13H,1-3,5-6,8-11H2,(H2,17,18);2*1H. The number of hydrogen-bond donors (Lipinski definition) is 1. The Morgan fingerprint density at radius 2 is 1.74 bits per heavy atom. The zero-order valence-corrected chi connectivity index (χ0v) is 15.0. The van der Waals surface area contributed by atoms with Gasteiger partial charge in [-0.3, -0.25) is 9.78 Å². The second-order valence-electron chi connectivity index (χ2n) is 6.08. The summed E-state index contributed by atoms with van der Waals surface area (Å²) in [6, 6.07) is 2.34. The average molecular weight is 361 g/mol.